The molecule has 0 unspecified atom stereocenters. The number of fused-ring (bicyclic) bond motifs is 1. The first-order valence-corrected chi connectivity index (χ1v) is 7.22. The molecule has 110 valence electrons. The largest absolute Gasteiger partial charge is 0.356 e. The Morgan fingerprint density at radius 3 is 2.55 bits per heavy atom. The summed E-state index contributed by atoms with van der Waals surface area (Å²) in [5.74, 6) is 7.65. The molecule has 0 aliphatic rings. The van der Waals surface area contributed by atoms with E-state index in [1.54, 1.807) is 4.52 Å². The molecule has 2 rings (SSSR count). The number of nitrogen functional groups attached to an aromatic ring is 1. The third kappa shape index (κ3) is 3.16. The van der Waals surface area contributed by atoms with Crippen LogP contribution in [0.4, 0.5) is 11.6 Å². The average molecular weight is 277 g/mol. The van der Waals surface area contributed by atoms with Crippen LogP contribution in [0, 0.1) is 0 Å². The number of rotatable bonds is 8. The van der Waals surface area contributed by atoms with Crippen LogP contribution in [0.25, 0.3) is 5.78 Å². The van der Waals surface area contributed by atoms with Crippen LogP contribution in [0.5, 0.6) is 0 Å². The normalized spacial score (nSPS) is 10.9. The SMILES string of the molecule is CCCCN(CCCC)c1cc(NN)nc2ncnn12. The lowest BCUT2D eigenvalue weighted by molar-refractivity contribution is 0.661. The van der Waals surface area contributed by atoms with Crippen molar-refractivity contribution in [2.45, 2.75) is 39.5 Å². The quantitative estimate of drug-likeness (QED) is 0.565. The van der Waals surface area contributed by atoms with Gasteiger partial charge in [0.1, 0.15) is 18.0 Å². The van der Waals surface area contributed by atoms with Crippen molar-refractivity contribution in [2.24, 2.45) is 5.84 Å². The van der Waals surface area contributed by atoms with Crippen molar-refractivity contribution in [1.29, 1.82) is 0 Å². The molecule has 20 heavy (non-hydrogen) atoms. The summed E-state index contributed by atoms with van der Waals surface area (Å²) in [6.45, 7) is 6.39. The van der Waals surface area contributed by atoms with Gasteiger partial charge in [-0.05, 0) is 12.8 Å². The van der Waals surface area contributed by atoms with E-state index in [4.69, 9.17) is 5.84 Å². The number of nitrogens with zero attached hydrogens (tertiary/aromatic N) is 5. The Balaban J connectivity index is 2.36. The van der Waals surface area contributed by atoms with Gasteiger partial charge in [0.25, 0.3) is 5.78 Å². The Morgan fingerprint density at radius 2 is 1.95 bits per heavy atom. The zero-order chi connectivity index (χ0) is 14.4. The molecule has 0 amide bonds. The highest BCUT2D eigenvalue weighted by atomic mass is 15.4. The van der Waals surface area contributed by atoms with Gasteiger partial charge in [-0.3, -0.25) is 0 Å². The molecule has 2 aromatic heterocycles. The number of nitrogens with one attached hydrogen (secondary N) is 1. The fraction of sp³-hybridized carbons (Fsp3) is 0.615. The lowest BCUT2D eigenvalue weighted by Gasteiger charge is -2.25. The molecule has 0 spiro atoms. The van der Waals surface area contributed by atoms with E-state index in [-0.39, 0.29) is 0 Å². The Kier molecular flexibility index (Phi) is 5.11. The number of hydrazine groups is 1. The molecule has 2 heterocycles. The molecule has 0 aromatic carbocycles. The Morgan fingerprint density at radius 1 is 1.25 bits per heavy atom. The van der Waals surface area contributed by atoms with E-state index in [0.29, 0.717) is 11.6 Å². The van der Waals surface area contributed by atoms with Gasteiger partial charge in [-0.2, -0.15) is 19.6 Å². The standard InChI is InChI=1S/C13H23N7/c1-3-5-7-19(8-6-4-2)12-9-11(18-14)17-13-15-10-16-20(12)13/h9-10H,3-8,14H2,1-2H3,(H,15,16,17,18). The number of hydrogen-bond donors (Lipinski definition) is 2. The maximum absolute atomic E-state index is 5.49. The molecule has 7 heteroatoms. The molecular weight excluding hydrogens is 254 g/mol. The summed E-state index contributed by atoms with van der Waals surface area (Å²) in [4.78, 5) is 10.8. The van der Waals surface area contributed by atoms with E-state index in [1.807, 2.05) is 6.07 Å². The van der Waals surface area contributed by atoms with Crippen LogP contribution in [0.15, 0.2) is 12.4 Å². The second kappa shape index (κ2) is 7.04. The van der Waals surface area contributed by atoms with Gasteiger partial charge in [0.2, 0.25) is 0 Å². The van der Waals surface area contributed by atoms with Gasteiger partial charge in [0, 0.05) is 19.2 Å². The molecule has 0 bridgehead atoms. The topological polar surface area (TPSA) is 84.4 Å². The van der Waals surface area contributed by atoms with Crippen LogP contribution >= 0.6 is 0 Å². The monoisotopic (exact) mass is 277 g/mol. The second-order valence-corrected chi connectivity index (χ2v) is 4.81. The van der Waals surface area contributed by atoms with Crippen LogP contribution in [0.2, 0.25) is 0 Å². The van der Waals surface area contributed by atoms with Crippen molar-refractivity contribution in [2.75, 3.05) is 23.4 Å². The van der Waals surface area contributed by atoms with E-state index in [1.165, 1.54) is 6.33 Å². The molecule has 3 N–H and O–H groups in total. The maximum Gasteiger partial charge on any atom is 0.256 e. The lowest BCUT2D eigenvalue weighted by Crippen LogP contribution is -2.28. The van der Waals surface area contributed by atoms with Crippen LogP contribution in [-0.4, -0.2) is 32.7 Å². The van der Waals surface area contributed by atoms with E-state index in [0.717, 1.165) is 44.6 Å². The number of anilines is 2. The number of hydrogen-bond acceptors (Lipinski definition) is 6. The minimum atomic E-state index is 0.563. The fourth-order valence-electron chi connectivity index (χ4n) is 2.13. The van der Waals surface area contributed by atoms with Gasteiger partial charge in [0.05, 0.1) is 0 Å². The van der Waals surface area contributed by atoms with Gasteiger partial charge < -0.3 is 10.3 Å². The van der Waals surface area contributed by atoms with Crippen molar-refractivity contribution in [3.8, 4) is 0 Å². The highest BCUT2D eigenvalue weighted by Gasteiger charge is 2.13. The second-order valence-electron chi connectivity index (χ2n) is 4.81. The van der Waals surface area contributed by atoms with Gasteiger partial charge in [-0.1, -0.05) is 26.7 Å². The Bertz CT molecular complexity index is 528. The summed E-state index contributed by atoms with van der Waals surface area (Å²) in [6, 6.07) is 1.92. The van der Waals surface area contributed by atoms with E-state index < -0.39 is 0 Å². The average Bonchev–Trinajstić information content (AvgIpc) is 2.95. The van der Waals surface area contributed by atoms with Gasteiger partial charge in [-0.15, -0.1) is 0 Å². The van der Waals surface area contributed by atoms with Crippen molar-refractivity contribution in [3.63, 3.8) is 0 Å². The van der Waals surface area contributed by atoms with Gasteiger partial charge >= 0.3 is 0 Å². The zero-order valence-electron chi connectivity index (χ0n) is 12.2. The van der Waals surface area contributed by atoms with Crippen LogP contribution < -0.4 is 16.2 Å². The van der Waals surface area contributed by atoms with Crippen molar-refractivity contribution >= 4 is 17.4 Å². The van der Waals surface area contributed by atoms with E-state index >= 15 is 0 Å². The summed E-state index contributed by atoms with van der Waals surface area (Å²) >= 11 is 0. The minimum absolute atomic E-state index is 0.563. The summed E-state index contributed by atoms with van der Waals surface area (Å²) in [5, 5.41) is 4.26. The Hall–Kier alpha value is -1.89. The molecular formula is C13H23N7. The molecule has 0 saturated carbocycles. The summed E-state index contributed by atoms with van der Waals surface area (Å²) in [5.41, 5.74) is 2.60. The first-order chi connectivity index (χ1) is 9.80. The van der Waals surface area contributed by atoms with E-state index in [2.05, 4.69) is 39.2 Å². The molecule has 0 atom stereocenters. The summed E-state index contributed by atoms with van der Waals surface area (Å²) < 4.78 is 1.77. The van der Waals surface area contributed by atoms with Gasteiger partial charge in [0.15, 0.2) is 0 Å². The predicted octanol–water partition coefficient (Wildman–Crippen LogP) is 1.82. The van der Waals surface area contributed by atoms with Crippen molar-refractivity contribution in [3.05, 3.63) is 12.4 Å². The smallest absolute Gasteiger partial charge is 0.256 e. The molecule has 0 aliphatic carbocycles. The summed E-state index contributed by atoms with van der Waals surface area (Å²) in [6.07, 6.45) is 6.14. The first kappa shape index (κ1) is 14.5. The lowest BCUT2D eigenvalue weighted by atomic mass is 10.2. The number of unbranched alkanes of at least 4 members (excludes halogenated alkanes) is 2. The first-order valence-electron chi connectivity index (χ1n) is 7.22. The predicted molar refractivity (Wildman–Crippen MR) is 80.6 cm³/mol. The number of aromatic nitrogens is 4. The van der Waals surface area contributed by atoms with Crippen molar-refractivity contribution in [1.82, 2.24) is 19.6 Å². The molecule has 2 aromatic rings. The highest BCUT2D eigenvalue weighted by Crippen LogP contribution is 2.19. The van der Waals surface area contributed by atoms with Gasteiger partial charge in [-0.25, -0.2) is 5.84 Å². The summed E-state index contributed by atoms with van der Waals surface area (Å²) in [7, 11) is 0. The minimum Gasteiger partial charge on any atom is -0.356 e. The molecule has 0 radical (unpaired) electrons. The fourth-order valence-corrected chi connectivity index (χ4v) is 2.13. The van der Waals surface area contributed by atoms with E-state index in [9.17, 15) is 0 Å². The molecule has 0 saturated heterocycles. The third-order valence-corrected chi connectivity index (χ3v) is 3.27. The highest BCUT2D eigenvalue weighted by molar-refractivity contribution is 5.55. The molecule has 0 aliphatic heterocycles. The van der Waals surface area contributed by atoms with Crippen LogP contribution in [0.1, 0.15) is 39.5 Å². The number of nitrogens with two attached hydrogens (primary N) is 1. The van der Waals surface area contributed by atoms with Crippen molar-refractivity contribution < 1.29 is 0 Å². The molecule has 7 nitrogen and oxygen atoms in total. The Labute approximate surface area is 119 Å². The van der Waals surface area contributed by atoms with Crippen LogP contribution in [0.3, 0.4) is 0 Å². The third-order valence-electron chi connectivity index (χ3n) is 3.27. The zero-order valence-corrected chi connectivity index (χ0v) is 12.2. The maximum atomic E-state index is 5.49. The van der Waals surface area contributed by atoms with Crippen LogP contribution in [-0.2, 0) is 0 Å². The molecule has 0 fully saturated rings.